The first kappa shape index (κ1) is 18.1. The number of hydrogen-bond donors (Lipinski definition) is 1. The van der Waals surface area contributed by atoms with E-state index >= 15 is 0 Å². The van der Waals surface area contributed by atoms with E-state index in [9.17, 15) is 4.79 Å². The van der Waals surface area contributed by atoms with Crippen molar-refractivity contribution in [2.45, 2.75) is 32.6 Å². The topological polar surface area (TPSA) is 32.3 Å². The predicted octanol–water partition coefficient (Wildman–Crippen LogP) is 4.24. The van der Waals surface area contributed by atoms with E-state index in [0.29, 0.717) is 6.54 Å². The van der Waals surface area contributed by atoms with Gasteiger partial charge in [0.15, 0.2) is 0 Å². The molecule has 0 aliphatic heterocycles. The highest BCUT2D eigenvalue weighted by Crippen LogP contribution is 2.22. The van der Waals surface area contributed by atoms with Crippen LogP contribution in [0.4, 0.5) is 5.69 Å². The van der Waals surface area contributed by atoms with Gasteiger partial charge in [-0.15, -0.1) is 0 Å². The molecule has 2 aromatic rings. The molecule has 0 saturated heterocycles. The highest BCUT2D eigenvalue weighted by molar-refractivity contribution is 5.94. The lowest BCUT2D eigenvalue weighted by atomic mass is 9.87. The molecule has 0 atom stereocenters. The van der Waals surface area contributed by atoms with Gasteiger partial charge in [-0.3, -0.25) is 4.79 Å². The summed E-state index contributed by atoms with van der Waals surface area (Å²) in [6, 6.07) is 18.2. The molecule has 0 aliphatic carbocycles. The molecule has 0 aliphatic rings. The highest BCUT2D eigenvalue weighted by Gasteiger charge is 2.14. The second kappa shape index (κ2) is 8.00. The third-order valence-electron chi connectivity index (χ3n) is 4.17. The quantitative estimate of drug-likeness (QED) is 0.806. The van der Waals surface area contributed by atoms with Crippen LogP contribution in [0.15, 0.2) is 54.6 Å². The van der Waals surface area contributed by atoms with Crippen molar-refractivity contribution in [2.24, 2.45) is 0 Å². The van der Waals surface area contributed by atoms with Gasteiger partial charge in [0.2, 0.25) is 0 Å². The van der Waals surface area contributed by atoms with Crippen LogP contribution in [0.1, 0.15) is 43.1 Å². The Morgan fingerprint density at radius 1 is 1.00 bits per heavy atom. The average Bonchev–Trinajstić information content (AvgIpc) is 2.58. The number of nitrogens with one attached hydrogen (secondary N) is 1. The van der Waals surface area contributed by atoms with Crippen LogP contribution in [0.2, 0.25) is 0 Å². The van der Waals surface area contributed by atoms with Crippen molar-refractivity contribution in [1.82, 2.24) is 5.32 Å². The Kier molecular flexibility index (Phi) is 6.02. The summed E-state index contributed by atoms with van der Waals surface area (Å²) in [5.74, 6) is -0.00202. The molecule has 0 aromatic heterocycles. The smallest absolute Gasteiger partial charge is 0.251 e. The summed E-state index contributed by atoms with van der Waals surface area (Å²) >= 11 is 0. The number of benzene rings is 2. The van der Waals surface area contributed by atoms with Crippen LogP contribution in [-0.4, -0.2) is 26.0 Å². The maximum atomic E-state index is 12.2. The summed E-state index contributed by atoms with van der Waals surface area (Å²) in [7, 11) is 2.07. The first-order chi connectivity index (χ1) is 11.4. The molecule has 0 spiro atoms. The molecule has 128 valence electrons. The van der Waals surface area contributed by atoms with Gasteiger partial charge in [0.1, 0.15) is 0 Å². The zero-order valence-electron chi connectivity index (χ0n) is 15.2. The number of hydrogen-bond acceptors (Lipinski definition) is 2. The van der Waals surface area contributed by atoms with E-state index in [1.54, 1.807) is 0 Å². The van der Waals surface area contributed by atoms with Gasteiger partial charge in [-0.1, -0.05) is 51.1 Å². The van der Waals surface area contributed by atoms with Gasteiger partial charge in [0.05, 0.1) is 0 Å². The maximum absolute atomic E-state index is 12.2. The third-order valence-corrected chi connectivity index (χ3v) is 4.17. The monoisotopic (exact) mass is 324 g/mol. The van der Waals surface area contributed by atoms with Crippen LogP contribution in [0.5, 0.6) is 0 Å². The average molecular weight is 324 g/mol. The number of amides is 1. The van der Waals surface area contributed by atoms with Crippen molar-refractivity contribution in [3.8, 4) is 0 Å². The number of para-hydroxylation sites is 1. The first-order valence-corrected chi connectivity index (χ1v) is 8.53. The van der Waals surface area contributed by atoms with E-state index in [1.165, 1.54) is 11.3 Å². The van der Waals surface area contributed by atoms with Crippen molar-refractivity contribution in [1.29, 1.82) is 0 Å². The molecule has 0 saturated carbocycles. The van der Waals surface area contributed by atoms with Crippen molar-refractivity contribution in [3.63, 3.8) is 0 Å². The zero-order chi connectivity index (χ0) is 17.6. The summed E-state index contributed by atoms with van der Waals surface area (Å²) in [6.45, 7) is 8.10. The van der Waals surface area contributed by atoms with E-state index in [4.69, 9.17) is 0 Å². The standard InChI is InChI=1S/C21H28N2O/c1-21(2,3)18-13-11-17(12-14-18)20(24)22-15-8-16-23(4)19-9-6-5-7-10-19/h5-7,9-14H,8,15-16H2,1-4H3,(H,22,24). The zero-order valence-corrected chi connectivity index (χ0v) is 15.2. The van der Waals surface area contributed by atoms with Crippen LogP contribution in [0, 0.1) is 0 Å². The van der Waals surface area contributed by atoms with Crippen LogP contribution in [0.3, 0.4) is 0 Å². The Morgan fingerprint density at radius 2 is 1.62 bits per heavy atom. The van der Waals surface area contributed by atoms with Gasteiger partial charge in [-0.2, -0.15) is 0 Å². The maximum Gasteiger partial charge on any atom is 0.251 e. The SMILES string of the molecule is CN(CCCNC(=O)c1ccc(C(C)(C)C)cc1)c1ccccc1. The summed E-state index contributed by atoms with van der Waals surface area (Å²) in [6.07, 6.45) is 0.914. The summed E-state index contributed by atoms with van der Waals surface area (Å²) in [5.41, 5.74) is 3.27. The van der Waals surface area contributed by atoms with Crippen molar-refractivity contribution < 1.29 is 4.79 Å². The number of carbonyl (C=O) groups is 1. The Hall–Kier alpha value is -2.29. The van der Waals surface area contributed by atoms with E-state index in [-0.39, 0.29) is 11.3 Å². The van der Waals surface area contributed by atoms with Crippen LogP contribution < -0.4 is 10.2 Å². The van der Waals surface area contributed by atoms with E-state index < -0.39 is 0 Å². The third kappa shape index (κ3) is 5.12. The fourth-order valence-electron chi connectivity index (χ4n) is 2.55. The number of nitrogens with zero attached hydrogens (tertiary/aromatic N) is 1. The molecule has 2 aromatic carbocycles. The molecule has 3 nitrogen and oxygen atoms in total. The van der Waals surface area contributed by atoms with Crippen LogP contribution in [0.25, 0.3) is 0 Å². The van der Waals surface area contributed by atoms with Gasteiger partial charge in [0, 0.05) is 31.4 Å². The lowest BCUT2D eigenvalue weighted by molar-refractivity contribution is 0.0953. The van der Waals surface area contributed by atoms with Gasteiger partial charge in [-0.05, 0) is 41.7 Å². The van der Waals surface area contributed by atoms with E-state index in [2.05, 4.69) is 50.2 Å². The Morgan fingerprint density at radius 3 is 2.21 bits per heavy atom. The molecular formula is C21H28N2O. The van der Waals surface area contributed by atoms with Gasteiger partial charge >= 0.3 is 0 Å². The Balaban J connectivity index is 1.77. The van der Waals surface area contributed by atoms with E-state index in [0.717, 1.165) is 18.5 Å². The van der Waals surface area contributed by atoms with Gasteiger partial charge in [0.25, 0.3) is 5.91 Å². The van der Waals surface area contributed by atoms with Gasteiger partial charge < -0.3 is 10.2 Å². The predicted molar refractivity (Wildman–Crippen MR) is 102 cm³/mol. The highest BCUT2D eigenvalue weighted by atomic mass is 16.1. The Bertz CT molecular complexity index is 642. The molecule has 0 radical (unpaired) electrons. The summed E-state index contributed by atoms with van der Waals surface area (Å²) in [4.78, 5) is 14.4. The lowest BCUT2D eigenvalue weighted by Crippen LogP contribution is -2.28. The molecule has 0 unspecified atom stereocenters. The molecule has 3 heteroatoms. The van der Waals surface area contributed by atoms with Crippen molar-refractivity contribution >= 4 is 11.6 Å². The molecule has 0 heterocycles. The van der Waals surface area contributed by atoms with Crippen LogP contribution >= 0.6 is 0 Å². The number of anilines is 1. The van der Waals surface area contributed by atoms with Gasteiger partial charge in [-0.25, -0.2) is 0 Å². The summed E-state index contributed by atoms with van der Waals surface area (Å²) < 4.78 is 0. The van der Waals surface area contributed by atoms with Crippen molar-refractivity contribution in [3.05, 3.63) is 65.7 Å². The second-order valence-electron chi connectivity index (χ2n) is 7.19. The molecule has 2 rings (SSSR count). The molecule has 1 amide bonds. The normalized spacial score (nSPS) is 11.2. The van der Waals surface area contributed by atoms with Crippen LogP contribution in [-0.2, 0) is 5.41 Å². The number of carbonyl (C=O) groups excluding carboxylic acids is 1. The lowest BCUT2D eigenvalue weighted by Gasteiger charge is -2.19. The molecular weight excluding hydrogens is 296 g/mol. The minimum atomic E-state index is -0.00202. The molecule has 0 fully saturated rings. The molecule has 0 bridgehead atoms. The minimum absolute atomic E-state index is 0.00202. The minimum Gasteiger partial charge on any atom is -0.375 e. The first-order valence-electron chi connectivity index (χ1n) is 8.53. The molecule has 1 N–H and O–H groups in total. The van der Waals surface area contributed by atoms with Crippen molar-refractivity contribution in [2.75, 3.05) is 25.0 Å². The number of rotatable bonds is 6. The van der Waals surface area contributed by atoms with E-state index in [1.807, 2.05) is 42.5 Å². The molecule has 24 heavy (non-hydrogen) atoms. The Labute approximate surface area is 145 Å². The second-order valence-corrected chi connectivity index (χ2v) is 7.19. The summed E-state index contributed by atoms with van der Waals surface area (Å²) in [5, 5.41) is 3.00. The fraction of sp³-hybridized carbons (Fsp3) is 0.381. The fourth-order valence-corrected chi connectivity index (χ4v) is 2.55. The largest absolute Gasteiger partial charge is 0.375 e.